The lowest BCUT2D eigenvalue weighted by molar-refractivity contribution is 0.0916. The van der Waals surface area contributed by atoms with Crippen LogP contribution in [-0.2, 0) is 19.7 Å². The Hall–Kier alpha value is -4.78. The summed E-state index contributed by atoms with van der Waals surface area (Å²) in [7, 11) is 0. The lowest BCUT2D eigenvalue weighted by atomic mass is 10.0. The Bertz CT molecular complexity index is 1320. The maximum absolute atomic E-state index is 13.2. The Morgan fingerprint density at radius 1 is 0.611 bits per heavy atom. The maximum atomic E-state index is 13.2. The molecule has 4 rings (SSSR count). The molecule has 4 aromatic carbocycles. The number of nitrogens with one attached hydrogen (secondary N) is 2. The molecule has 0 saturated heterocycles. The number of carbonyl (C=O) groups excluding carboxylic acids is 2. The third-order valence-electron chi connectivity index (χ3n) is 5.59. The summed E-state index contributed by atoms with van der Waals surface area (Å²) in [6.45, 7) is 0.939. The molecule has 0 radical (unpaired) electrons. The van der Waals surface area contributed by atoms with Crippen LogP contribution in [0.15, 0.2) is 97.1 Å². The highest BCUT2D eigenvalue weighted by atomic mass is 16.5. The zero-order valence-electron chi connectivity index (χ0n) is 19.7. The number of nitrogen functional groups attached to an aromatic ring is 2. The Morgan fingerprint density at radius 3 is 1.69 bits per heavy atom. The third kappa shape index (κ3) is 6.64. The van der Waals surface area contributed by atoms with Crippen molar-refractivity contribution in [3.8, 4) is 5.75 Å². The van der Waals surface area contributed by atoms with Crippen molar-refractivity contribution in [2.24, 2.45) is 0 Å². The monoisotopic (exact) mass is 480 g/mol. The number of hydrogen-bond acceptors (Lipinski definition) is 5. The summed E-state index contributed by atoms with van der Waals surface area (Å²) in [6.07, 6.45) is 0. The second-order valence-corrected chi connectivity index (χ2v) is 8.33. The van der Waals surface area contributed by atoms with Crippen LogP contribution < -0.4 is 26.8 Å². The Kier molecular flexibility index (Phi) is 7.83. The molecule has 0 aliphatic rings. The normalized spacial score (nSPS) is 10.4. The topological polar surface area (TPSA) is 119 Å². The van der Waals surface area contributed by atoms with Crippen molar-refractivity contribution in [1.82, 2.24) is 10.6 Å². The average molecular weight is 481 g/mol. The standard InChI is InChI=1S/C29H28N4O3/c30-23-10-6-20(7-11-23)17-32-28(34)26-15-14-25(36-19-22-4-2-1-3-5-22)16-27(26)29(35)33-18-21-8-12-24(31)13-9-21/h1-16H,17-19,30-31H2,(H,32,34)(H,33,35). The van der Waals surface area contributed by atoms with Gasteiger partial charge in [0.25, 0.3) is 11.8 Å². The van der Waals surface area contributed by atoms with Gasteiger partial charge in [0.1, 0.15) is 12.4 Å². The second-order valence-electron chi connectivity index (χ2n) is 8.33. The van der Waals surface area contributed by atoms with Crippen molar-refractivity contribution < 1.29 is 14.3 Å². The van der Waals surface area contributed by atoms with Crippen molar-refractivity contribution in [3.63, 3.8) is 0 Å². The minimum Gasteiger partial charge on any atom is -0.489 e. The molecule has 182 valence electrons. The number of benzene rings is 4. The quantitative estimate of drug-likeness (QED) is 0.267. The zero-order chi connectivity index (χ0) is 25.3. The Labute approximate surface area is 210 Å². The molecule has 0 saturated carbocycles. The number of hydrogen-bond donors (Lipinski definition) is 4. The first-order chi connectivity index (χ1) is 17.5. The van der Waals surface area contributed by atoms with E-state index in [2.05, 4.69) is 10.6 Å². The van der Waals surface area contributed by atoms with Gasteiger partial charge >= 0.3 is 0 Å². The predicted octanol–water partition coefficient (Wildman–Crippen LogP) is 4.29. The molecule has 36 heavy (non-hydrogen) atoms. The van der Waals surface area contributed by atoms with Crippen LogP contribution in [0.25, 0.3) is 0 Å². The molecule has 6 N–H and O–H groups in total. The smallest absolute Gasteiger partial charge is 0.252 e. The van der Waals surface area contributed by atoms with E-state index < -0.39 is 0 Å². The van der Waals surface area contributed by atoms with Crippen LogP contribution in [0, 0.1) is 0 Å². The SMILES string of the molecule is Nc1ccc(CNC(=O)c2ccc(OCc3ccccc3)cc2C(=O)NCc2ccc(N)cc2)cc1. The van der Waals surface area contributed by atoms with E-state index >= 15 is 0 Å². The fraction of sp³-hybridized carbons (Fsp3) is 0.103. The average Bonchev–Trinajstić information content (AvgIpc) is 2.91. The molecule has 0 unspecified atom stereocenters. The minimum atomic E-state index is -0.380. The van der Waals surface area contributed by atoms with Crippen LogP contribution in [0.3, 0.4) is 0 Å². The van der Waals surface area contributed by atoms with Gasteiger partial charge < -0.3 is 26.8 Å². The molecule has 0 bridgehead atoms. The number of carbonyl (C=O) groups is 2. The van der Waals surface area contributed by atoms with Crippen LogP contribution >= 0.6 is 0 Å². The van der Waals surface area contributed by atoms with Gasteiger partial charge in [0.15, 0.2) is 0 Å². The summed E-state index contributed by atoms with van der Waals surface area (Å²) in [6, 6.07) is 29.1. The highest BCUT2D eigenvalue weighted by Gasteiger charge is 2.18. The van der Waals surface area contributed by atoms with E-state index in [1.807, 2.05) is 54.6 Å². The zero-order valence-corrected chi connectivity index (χ0v) is 19.7. The lowest BCUT2D eigenvalue weighted by Crippen LogP contribution is -2.29. The largest absolute Gasteiger partial charge is 0.489 e. The van der Waals surface area contributed by atoms with Gasteiger partial charge in [-0.15, -0.1) is 0 Å². The van der Waals surface area contributed by atoms with Gasteiger partial charge in [0.2, 0.25) is 0 Å². The highest BCUT2D eigenvalue weighted by molar-refractivity contribution is 6.07. The fourth-order valence-corrected chi connectivity index (χ4v) is 3.57. The fourth-order valence-electron chi connectivity index (χ4n) is 3.57. The summed E-state index contributed by atoms with van der Waals surface area (Å²) in [5, 5.41) is 5.75. The van der Waals surface area contributed by atoms with E-state index in [0.29, 0.717) is 36.8 Å². The molecule has 0 aliphatic heterocycles. The molecule has 2 amide bonds. The van der Waals surface area contributed by atoms with Gasteiger partial charge in [-0.3, -0.25) is 9.59 Å². The van der Waals surface area contributed by atoms with E-state index in [4.69, 9.17) is 16.2 Å². The molecule has 0 aliphatic carbocycles. The molecule has 0 atom stereocenters. The molecular formula is C29H28N4O3. The van der Waals surface area contributed by atoms with E-state index in [1.54, 1.807) is 42.5 Å². The van der Waals surface area contributed by atoms with E-state index in [1.165, 1.54) is 0 Å². The van der Waals surface area contributed by atoms with Gasteiger partial charge in [-0.05, 0) is 59.2 Å². The Balaban J connectivity index is 1.51. The van der Waals surface area contributed by atoms with Crippen LogP contribution in [0.2, 0.25) is 0 Å². The third-order valence-corrected chi connectivity index (χ3v) is 5.59. The van der Waals surface area contributed by atoms with Crippen molar-refractivity contribution >= 4 is 23.2 Å². The van der Waals surface area contributed by atoms with Crippen LogP contribution in [0.1, 0.15) is 37.4 Å². The van der Waals surface area contributed by atoms with Crippen molar-refractivity contribution in [2.75, 3.05) is 11.5 Å². The summed E-state index contributed by atoms with van der Waals surface area (Å²) in [5.41, 5.74) is 16.0. The number of ether oxygens (including phenoxy) is 1. The molecule has 7 heteroatoms. The van der Waals surface area contributed by atoms with Crippen molar-refractivity contribution in [1.29, 1.82) is 0 Å². The minimum absolute atomic E-state index is 0.228. The highest BCUT2D eigenvalue weighted by Crippen LogP contribution is 2.20. The van der Waals surface area contributed by atoms with E-state index in [9.17, 15) is 9.59 Å². The molecule has 7 nitrogen and oxygen atoms in total. The summed E-state index contributed by atoms with van der Waals surface area (Å²) >= 11 is 0. The molecular weight excluding hydrogens is 452 g/mol. The van der Waals surface area contributed by atoms with Gasteiger partial charge in [0.05, 0.1) is 11.1 Å². The summed E-state index contributed by atoms with van der Waals surface area (Å²) in [5.74, 6) is -0.250. The van der Waals surface area contributed by atoms with Crippen LogP contribution in [-0.4, -0.2) is 11.8 Å². The maximum Gasteiger partial charge on any atom is 0.252 e. The van der Waals surface area contributed by atoms with Crippen molar-refractivity contribution in [2.45, 2.75) is 19.7 Å². The summed E-state index contributed by atoms with van der Waals surface area (Å²) < 4.78 is 5.90. The first-order valence-electron chi connectivity index (χ1n) is 11.5. The van der Waals surface area contributed by atoms with Gasteiger partial charge in [0, 0.05) is 24.5 Å². The molecule has 0 fully saturated rings. The van der Waals surface area contributed by atoms with Gasteiger partial charge in [-0.25, -0.2) is 0 Å². The first-order valence-corrected chi connectivity index (χ1v) is 11.5. The van der Waals surface area contributed by atoms with Crippen LogP contribution in [0.4, 0.5) is 11.4 Å². The number of amides is 2. The Morgan fingerprint density at radius 2 is 1.14 bits per heavy atom. The second kappa shape index (κ2) is 11.6. The molecule has 4 aromatic rings. The number of nitrogens with two attached hydrogens (primary N) is 2. The van der Waals surface area contributed by atoms with Crippen LogP contribution in [0.5, 0.6) is 5.75 Å². The van der Waals surface area contributed by atoms with Crippen molar-refractivity contribution in [3.05, 3.63) is 125 Å². The number of anilines is 2. The molecule has 0 heterocycles. The first kappa shape index (κ1) is 24.3. The number of rotatable bonds is 9. The van der Waals surface area contributed by atoms with Gasteiger partial charge in [-0.1, -0.05) is 54.6 Å². The summed E-state index contributed by atoms with van der Waals surface area (Å²) in [4.78, 5) is 26.2. The molecule has 0 spiro atoms. The lowest BCUT2D eigenvalue weighted by Gasteiger charge is -2.14. The molecule has 0 aromatic heterocycles. The van der Waals surface area contributed by atoms with E-state index in [0.717, 1.165) is 16.7 Å². The van der Waals surface area contributed by atoms with E-state index in [-0.39, 0.29) is 22.9 Å². The van der Waals surface area contributed by atoms with Gasteiger partial charge in [-0.2, -0.15) is 0 Å². The predicted molar refractivity (Wildman–Crippen MR) is 141 cm³/mol.